The number of nitrogens with zero attached hydrogens (tertiary/aromatic N) is 1. The van der Waals surface area contributed by atoms with Crippen molar-refractivity contribution in [3.8, 4) is 11.8 Å². The average molecular weight is 236 g/mol. The summed E-state index contributed by atoms with van der Waals surface area (Å²) in [4.78, 5) is 0. The van der Waals surface area contributed by atoms with Crippen molar-refractivity contribution < 1.29 is 14.2 Å². The highest BCUT2D eigenvalue weighted by molar-refractivity contribution is 5.66. The molecule has 0 amide bonds. The van der Waals surface area contributed by atoms with E-state index in [2.05, 4.69) is 11.4 Å². The topological polar surface area (TPSA) is 63.5 Å². The Morgan fingerprint density at radius 1 is 1.29 bits per heavy atom. The lowest BCUT2D eigenvalue weighted by molar-refractivity contribution is -0.0914. The van der Waals surface area contributed by atoms with E-state index in [0.29, 0.717) is 23.5 Å². The van der Waals surface area contributed by atoms with Crippen LogP contribution in [0.25, 0.3) is 0 Å². The molecule has 0 aliphatic heterocycles. The summed E-state index contributed by atoms with van der Waals surface area (Å²) in [7, 11) is 4.68. The molecule has 0 aliphatic rings. The van der Waals surface area contributed by atoms with Gasteiger partial charge >= 0.3 is 0 Å². The number of benzene rings is 1. The number of hydrogen-bond acceptors (Lipinski definition) is 5. The molecule has 1 N–H and O–H groups in total. The standard InChI is InChI=1S/C12H16N2O3/c1-15-10-6-4-5-9(7-13)12(10)14-8-11(16-2)17-3/h4-6,11,14H,8H2,1-3H3. The van der Waals surface area contributed by atoms with Crippen molar-refractivity contribution in [2.24, 2.45) is 0 Å². The zero-order valence-corrected chi connectivity index (χ0v) is 10.2. The van der Waals surface area contributed by atoms with E-state index >= 15 is 0 Å². The maximum Gasteiger partial charge on any atom is 0.173 e. The highest BCUT2D eigenvalue weighted by Crippen LogP contribution is 2.27. The first kappa shape index (κ1) is 13.3. The van der Waals surface area contributed by atoms with Gasteiger partial charge < -0.3 is 19.5 Å². The van der Waals surface area contributed by atoms with E-state index in [1.165, 1.54) is 0 Å². The van der Waals surface area contributed by atoms with Gasteiger partial charge in [0, 0.05) is 14.2 Å². The predicted octanol–water partition coefficient (Wildman–Crippen LogP) is 1.60. The Kier molecular flexibility index (Phi) is 5.27. The number of rotatable bonds is 6. The van der Waals surface area contributed by atoms with Gasteiger partial charge in [-0.15, -0.1) is 0 Å². The van der Waals surface area contributed by atoms with Crippen molar-refractivity contribution in [1.82, 2.24) is 0 Å². The highest BCUT2D eigenvalue weighted by atomic mass is 16.7. The number of para-hydroxylation sites is 1. The number of anilines is 1. The van der Waals surface area contributed by atoms with Crippen LogP contribution in [0.15, 0.2) is 18.2 Å². The third kappa shape index (κ3) is 3.34. The Morgan fingerprint density at radius 3 is 2.53 bits per heavy atom. The quantitative estimate of drug-likeness (QED) is 0.760. The zero-order valence-electron chi connectivity index (χ0n) is 10.2. The van der Waals surface area contributed by atoms with Crippen LogP contribution in [0.3, 0.4) is 0 Å². The second-order valence-corrected chi connectivity index (χ2v) is 3.28. The molecule has 0 heterocycles. The summed E-state index contributed by atoms with van der Waals surface area (Å²) < 4.78 is 15.3. The molecule has 0 unspecified atom stereocenters. The van der Waals surface area contributed by atoms with Crippen molar-refractivity contribution in [2.75, 3.05) is 33.2 Å². The van der Waals surface area contributed by atoms with E-state index in [0.717, 1.165) is 0 Å². The smallest absolute Gasteiger partial charge is 0.173 e. The van der Waals surface area contributed by atoms with E-state index in [1.54, 1.807) is 39.5 Å². The van der Waals surface area contributed by atoms with Gasteiger partial charge in [0.05, 0.1) is 24.9 Å². The Morgan fingerprint density at radius 2 is 2.00 bits per heavy atom. The Balaban J connectivity index is 2.85. The average Bonchev–Trinajstić information content (AvgIpc) is 2.39. The number of methoxy groups -OCH3 is 3. The lowest BCUT2D eigenvalue weighted by Crippen LogP contribution is -2.24. The first-order valence-corrected chi connectivity index (χ1v) is 5.13. The summed E-state index contributed by atoms with van der Waals surface area (Å²) in [6.07, 6.45) is -0.369. The van der Waals surface area contributed by atoms with Gasteiger partial charge in [0.1, 0.15) is 11.8 Å². The molecule has 0 radical (unpaired) electrons. The molecule has 0 bridgehead atoms. The van der Waals surface area contributed by atoms with E-state index in [9.17, 15) is 0 Å². The lowest BCUT2D eigenvalue weighted by Gasteiger charge is -2.17. The minimum absolute atomic E-state index is 0.369. The van der Waals surface area contributed by atoms with Crippen LogP contribution in [0.4, 0.5) is 5.69 Å². The molecule has 0 spiro atoms. The molecule has 0 saturated heterocycles. The van der Waals surface area contributed by atoms with E-state index in [1.807, 2.05) is 0 Å². The van der Waals surface area contributed by atoms with Crippen molar-refractivity contribution in [1.29, 1.82) is 5.26 Å². The van der Waals surface area contributed by atoms with Gasteiger partial charge in [-0.2, -0.15) is 5.26 Å². The molecule has 0 aromatic heterocycles. The summed E-state index contributed by atoms with van der Waals surface area (Å²) >= 11 is 0. The van der Waals surface area contributed by atoms with Gasteiger partial charge in [0.15, 0.2) is 6.29 Å². The molecular weight excluding hydrogens is 220 g/mol. The fraction of sp³-hybridized carbons (Fsp3) is 0.417. The monoisotopic (exact) mass is 236 g/mol. The van der Waals surface area contributed by atoms with Crippen molar-refractivity contribution in [2.45, 2.75) is 6.29 Å². The Hall–Kier alpha value is -1.77. The van der Waals surface area contributed by atoms with E-state index < -0.39 is 0 Å². The highest BCUT2D eigenvalue weighted by Gasteiger charge is 2.11. The van der Waals surface area contributed by atoms with Crippen LogP contribution < -0.4 is 10.1 Å². The number of hydrogen-bond donors (Lipinski definition) is 1. The fourth-order valence-electron chi connectivity index (χ4n) is 1.43. The maximum atomic E-state index is 9.01. The number of nitrogens with one attached hydrogen (secondary N) is 1. The van der Waals surface area contributed by atoms with Gasteiger partial charge in [0.2, 0.25) is 0 Å². The second kappa shape index (κ2) is 6.74. The maximum absolute atomic E-state index is 9.01. The predicted molar refractivity (Wildman–Crippen MR) is 64.0 cm³/mol. The third-order valence-electron chi connectivity index (χ3n) is 2.34. The number of ether oxygens (including phenoxy) is 3. The fourth-order valence-corrected chi connectivity index (χ4v) is 1.43. The van der Waals surface area contributed by atoms with Crippen molar-refractivity contribution in [3.63, 3.8) is 0 Å². The SMILES string of the molecule is COc1cccc(C#N)c1NCC(OC)OC. The molecule has 0 aliphatic carbocycles. The van der Waals surface area contributed by atoms with Crippen LogP contribution in [0, 0.1) is 11.3 Å². The Labute approximate surface area is 101 Å². The van der Waals surface area contributed by atoms with Gasteiger partial charge in [-0.3, -0.25) is 0 Å². The molecule has 5 nitrogen and oxygen atoms in total. The summed E-state index contributed by atoms with van der Waals surface area (Å²) in [5.74, 6) is 0.620. The minimum Gasteiger partial charge on any atom is -0.495 e. The molecule has 0 fully saturated rings. The van der Waals surface area contributed by atoms with Gasteiger partial charge in [-0.1, -0.05) is 6.07 Å². The molecule has 0 saturated carbocycles. The van der Waals surface area contributed by atoms with E-state index in [-0.39, 0.29) is 6.29 Å². The number of nitriles is 1. The zero-order chi connectivity index (χ0) is 12.7. The summed E-state index contributed by atoms with van der Waals surface area (Å²) in [5, 5.41) is 12.1. The molecule has 1 rings (SSSR count). The van der Waals surface area contributed by atoms with E-state index in [4.69, 9.17) is 19.5 Å². The van der Waals surface area contributed by atoms with Gasteiger partial charge in [-0.25, -0.2) is 0 Å². The molecule has 1 aromatic rings. The van der Waals surface area contributed by atoms with Crippen LogP contribution >= 0.6 is 0 Å². The minimum atomic E-state index is -0.369. The molecule has 5 heteroatoms. The lowest BCUT2D eigenvalue weighted by atomic mass is 10.2. The van der Waals surface area contributed by atoms with Crippen molar-refractivity contribution in [3.05, 3.63) is 23.8 Å². The normalized spacial score (nSPS) is 10.1. The van der Waals surface area contributed by atoms with Crippen LogP contribution in [0.5, 0.6) is 5.75 Å². The molecule has 1 aromatic carbocycles. The van der Waals surface area contributed by atoms with Gasteiger partial charge in [0.25, 0.3) is 0 Å². The first-order valence-electron chi connectivity index (χ1n) is 5.13. The molecule has 92 valence electrons. The van der Waals surface area contributed by atoms with Crippen molar-refractivity contribution >= 4 is 5.69 Å². The third-order valence-corrected chi connectivity index (χ3v) is 2.34. The summed E-state index contributed by atoms with van der Waals surface area (Å²) in [5.41, 5.74) is 1.17. The molecule has 17 heavy (non-hydrogen) atoms. The summed E-state index contributed by atoms with van der Waals surface area (Å²) in [6, 6.07) is 7.39. The summed E-state index contributed by atoms with van der Waals surface area (Å²) in [6.45, 7) is 0.433. The van der Waals surface area contributed by atoms with Crippen LogP contribution in [-0.2, 0) is 9.47 Å². The molecular formula is C12H16N2O3. The largest absolute Gasteiger partial charge is 0.495 e. The Bertz CT molecular complexity index is 397. The van der Waals surface area contributed by atoms with Crippen LogP contribution in [0.2, 0.25) is 0 Å². The van der Waals surface area contributed by atoms with Crippen LogP contribution in [0.1, 0.15) is 5.56 Å². The first-order chi connectivity index (χ1) is 8.26. The second-order valence-electron chi connectivity index (χ2n) is 3.28. The van der Waals surface area contributed by atoms with Gasteiger partial charge in [-0.05, 0) is 12.1 Å². The van der Waals surface area contributed by atoms with Crippen LogP contribution in [-0.4, -0.2) is 34.2 Å². The molecule has 0 atom stereocenters.